The lowest BCUT2D eigenvalue weighted by molar-refractivity contribution is -0.145. The van der Waals surface area contributed by atoms with Gasteiger partial charge in [-0.15, -0.1) is 0 Å². The maximum absolute atomic E-state index is 12.3. The molecule has 0 N–H and O–H groups in total. The van der Waals surface area contributed by atoms with E-state index in [2.05, 4.69) is 27.6 Å². The molecule has 9 heteroatoms. The van der Waals surface area contributed by atoms with Crippen molar-refractivity contribution in [2.45, 2.75) is 6.92 Å². The first kappa shape index (κ1) is 22.6. The summed E-state index contributed by atoms with van der Waals surface area (Å²) in [4.78, 5) is 28.2. The molecule has 1 heterocycles. The van der Waals surface area contributed by atoms with Crippen LogP contribution in [0, 0.1) is 3.57 Å². The summed E-state index contributed by atoms with van der Waals surface area (Å²) >= 11 is 2.06. The van der Waals surface area contributed by atoms with Crippen LogP contribution in [0.25, 0.3) is 6.08 Å². The van der Waals surface area contributed by atoms with Gasteiger partial charge in [-0.3, -0.25) is 0 Å². The Morgan fingerprint density at radius 1 is 1.16 bits per heavy atom. The van der Waals surface area contributed by atoms with Crippen LogP contribution in [0.4, 0.5) is 0 Å². The quantitative estimate of drug-likeness (QED) is 0.289. The predicted molar refractivity (Wildman–Crippen MR) is 121 cm³/mol. The molecule has 0 saturated carbocycles. The fourth-order valence-electron chi connectivity index (χ4n) is 2.72. The van der Waals surface area contributed by atoms with Crippen molar-refractivity contribution in [1.82, 2.24) is 0 Å². The van der Waals surface area contributed by atoms with E-state index in [1.807, 2.05) is 0 Å². The highest BCUT2D eigenvalue weighted by Gasteiger charge is 2.24. The molecule has 3 rings (SSSR count). The summed E-state index contributed by atoms with van der Waals surface area (Å²) in [6, 6.07) is 10.5. The Hall–Kier alpha value is -3.08. The van der Waals surface area contributed by atoms with Crippen molar-refractivity contribution in [2.75, 3.05) is 27.4 Å². The molecule has 1 aliphatic heterocycles. The zero-order valence-electron chi connectivity index (χ0n) is 17.1. The molecule has 31 heavy (non-hydrogen) atoms. The van der Waals surface area contributed by atoms with Crippen molar-refractivity contribution in [1.29, 1.82) is 0 Å². The van der Waals surface area contributed by atoms with Gasteiger partial charge in [0.25, 0.3) is 0 Å². The number of halogens is 1. The third-order valence-electron chi connectivity index (χ3n) is 4.15. The van der Waals surface area contributed by atoms with Crippen molar-refractivity contribution in [3.05, 3.63) is 56.8 Å². The van der Waals surface area contributed by atoms with Crippen LogP contribution in [-0.4, -0.2) is 45.3 Å². The summed E-state index contributed by atoms with van der Waals surface area (Å²) < 4.78 is 26.9. The third kappa shape index (κ3) is 5.54. The average molecular weight is 537 g/mol. The second kappa shape index (κ2) is 10.3. The van der Waals surface area contributed by atoms with E-state index in [9.17, 15) is 9.59 Å². The fraction of sp³-hybridized carbons (Fsp3) is 0.227. The van der Waals surface area contributed by atoms with E-state index >= 15 is 0 Å². The maximum atomic E-state index is 12.3. The van der Waals surface area contributed by atoms with Crippen LogP contribution in [0.5, 0.6) is 17.2 Å². The topological polar surface area (TPSA) is 92.7 Å². The Balaban J connectivity index is 1.84. The molecule has 0 amide bonds. The van der Waals surface area contributed by atoms with Gasteiger partial charge < -0.3 is 23.7 Å². The van der Waals surface area contributed by atoms with Gasteiger partial charge in [-0.1, -0.05) is 0 Å². The number of hydrogen-bond donors (Lipinski definition) is 0. The number of esters is 2. The number of methoxy groups -OCH3 is 2. The molecule has 0 spiro atoms. The van der Waals surface area contributed by atoms with Crippen LogP contribution in [0.2, 0.25) is 0 Å². The normalized spacial score (nSPS) is 14.1. The summed E-state index contributed by atoms with van der Waals surface area (Å²) in [5.74, 6) is 0.706. The third-order valence-corrected chi connectivity index (χ3v) is 4.95. The van der Waals surface area contributed by atoms with Gasteiger partial charge >= 0.3 is 11.9 Å². The molecule has 162 valence electrons. The molecule has 0 aliphatic carbocycles. The van der Waals surface area contributed by atoms with E-state index in [1.165, 1.54) is 7.11 Å². The lowest BCUT2D eigenvalue weighted by Gasteiger charge is -2.13. The number of nitrogens with zero attached hydrogens (tertiary/aromatic N) is 1. The van der Waals surface area contributed by atoms with E-state index in [-0.39, 0.29) is 24.8 Å². The summed E-state index contributed by atoms with van der Waals surface area (Å²) in [5, 5.41) is 0. The van der Waals surface area contributed by atoms with Gasteiger partial charge in [-0.05, 0) is 77.6 Å². The van der Waals surface area contributed by atoms with E-state index in [0.717, 1.165) is 0 Å². The highest BCUT2D eigenvalue weighted by Crippen LogP contribution is 2.35. The van der Waals surface area contributed by atoms with Crippen molar-refractivity contribution >= 4 is 46.5 Å². The van der Waals surface area contributed by atoms with Crippen molar-refractivity contribution in [3.8, 4) is 17.2 Å². The van der Waals surface area contributed by atoms with Crippen LogP contribution in [0.1, 0.15) is 18.1 Å². The molecule has 0 radical (unpaired) electrons. The Morgan fingerprint density at radius 3 is 2.55 bits per heavy atom. The maximum Gasteiger partial charge on any atom is 0.363 e. The van der Waals surface area contributed by atoms with Crippen LogP contribution >= 0.6 is 22.6 Å². The number of hydrogen-bond acceptors (Lipinski definition) is 8. The van der Waals surface area contributed by atoms with Crippen LogP contribution in [0.15, 0.2) is 47.1 Å². The minimum atomic E-state index is -0.553. The van der Waals surface area contributed by atoms with Gasteiger partial charge in [0, 0.05) is 5.56 Å². The molecule has 0 unspecified atom stereocenters. The molecule has 0 fully saturated rings. The summed E-state index contributed by atoms with van der Waals surface area (Å²) in [5.41, 5.74) is 1.48. The van der Waals surface area contributed by atoms with E-state index in [0.29, 0.717) is 31.9 Å². The van der Waals surface area contributed by atoms with Gasteiger partial charge in [0.1, 0.15) is 5.75 Å². The molecule has 0 saturated heterocycles. The lowest BCUT2D eigenvalue weighted by Crippen LogP contribution is -2.15. The molecule has 8 nitrogen and oxygen atoms in total. The second-order valence-electron chi connectivity index (χ2n) is 6.19. The van der Waals surface area contributed by atoms with Gasteiger partial charge in [-0.2, -0.15) is 0 Å². The predicted octanol–water partition coefficient (Wildman–Crippen LogP) is 3.59. The largest absolute Gasteiger partial charge is 0.497 e. The Kier molecular flexibility index (Phi) is 7.50. The van der Waals surface area contributed by atoms with E-state index in [1.54, 1.807) is 56.5 Å². The number of ether oxygens (including phenoxy) is 5. The monoisotopic (exact) mass is 537 g/mol. The van der Waals surface area contributed by atoms with E-state index in [4.69, 9.17) is 23.7 Å². The summed E-state index contributed by atoms with van der Waals surface area (Å²) in [6.45, 7) is 1.77. The standard InChI is InChI=1S/C22H20INO7/c1-4-29-19(25)12-30-20-16(23)9-13(11-18(20)28-3)10-17-22(26)31-21(24-17)14-5-7-15(27-2)8-6-14/h5-11H,4,12H2,1-3H3/b17-10-. The smallest absolute Gasteiger partial charge is 0.363 e. The minimum Gasteiger partial charge on any atom is -0.497 e. The number of benzene rings is 2. The molecule has 0 atom stereocenters. The molecular formula is C22H20INO7. The highest BCUT2D eigenvalue weighted by atomic mass is 127. The van der Waals surface area contributed by atoms with Crippen LogP contribution in [0.3, 0.4) is 0 Å². The first-order valence-corrected chi connectivity index (χ1v) is 10.4. The van der Waals surface area contributed by atoms with Gasteiger partial charge in [0.15, 0.2) is 23.8 Å². The molecule has 0 bridgehead atoms. The molecule has 2 aromatic rings. The Labute approximate surface area is 192 Å². The van der Waals surface area contributed by atoms with Gasteiger partial charge in [0.2, 0.25) is 5.90 Å². The highest BCUT2D eigenvalue weighted by molar-refractivity contribution is 14.1. The number of cyclic esters (lactones) is 1. The molecular weight excluding hydrogens is 517 g/mol. The summed E-state index contributed by atoms with van der Waals surface area (Å²) in [6.07, 6.45) is 1.60. The average Bonchev–Trinajstić information content (AvgIpc) is 3.13. The van der Waals surface area contributed by atoms with Gasteiger partial charge in [0.05, 0.1) is 24.4 Å². The lowest BCUT2D eigenvalue weighted by atomic mass is 10.1. The van der Waals surface area contributed by atoms with Gasteiger partial charge in [-0.25, -0.2) is 14.6 Å². The zero-order chi connectivity index (χ0) is 22.4. The van der Waals surface area contributed by atoms with Crippen LogP contribution < -0.4 is 14.2 Å². The zero-order valence-corrected chi connectivity index (χ0v) is 19.3. The number of rotatable bonds is 8. The van der Waals surface area contributed by atoms with E-state index < -0.39 is 11.9 Å². The number of carbonyl (C=O) groups is 2. The number of carbonyl (C=O) groups excluding carboxylic acids is 2. The van der Waals surface area contributed by atoms with Crippen molar-refractivity contribution in [3.63, 3.8) is 0 Å². The Morgan fingerprint density at radius 2 is 1.90 bits per heavy atom. The first-order chi connectivity index (χ1) is 14.9. The molecule has 0 aromatic heterocycles. The van der Waals surface area contributed by atoms with Crippen molar-refractivity contribution < 1.29 is 33.3 Å². The number of aliphatic imine (C=N–C) groups is 1. The van der Waals surface area contributed by atoms with Crippen LogP contribution in [-0.2, 0) is 19.1 Å². The second-order valence-corrected chi connectivity index (χ2v) is 7.35. The first-order valence-electron chi connectivity index (χ1n) is 9.28. The Bertz CT molecular complexity index is 1040. The molecule has 2 aromatic carbocycles. The minimum absolute atomic E-state index is 0.156. The van der Waals surface area contributed by atoms with Crippen molar-refractivity contribution in [2.24, 2.45) is 4.99 Å². The summed E-state index contributed by atoms with van der Waals surface area (Å²) in [7, 11) is 3.06. The fourth-order valence-corrected chi connectivity index (χ4v) is 3.50. The molecule has 1 aliphatic rings. The SMILES string of the molecule is CCOC(=O)COc1c(I)cc(/C=C2\N=C(c3ccc(OC)cc3)OC2=O)cc1OC.